The summed E-state index contributed by atoms with van der Waals surface area (Å²) in [6, 6.07) is 1.08. The third kappa shape index (κ3) is 3.97. The molecule has 1 saturated heterocycles. The van der Waals surface area contributed by atoms with Crippen LogP contribution in [0.5, 0.6) is 0 Å². The lowest BCUT2D eigenvalue weighted by atomic mass is 10.00. The van der Waals surface area contributed by atoms with Crippen molar-refractivity contribution in [3.8, 4) is 22.0 Å². The summed E-state index contributed by atoms with van der Waals surface area (Å²) in [7, 11) is 2.14. The number of thiazole rings is 2. The van der Waals surface area contributed by atoms with Crippen LogP contribution in [0.4, 0.5) is 5.13 Å². The van der Waals surface area contributed by atoms with Crippen LogP contribution >= 0.6 is 35.1 Å². The van der Waals surface area contributed by atoms with Crippen molar-refractivity contribution in [2.75, 3.05) is 18.5 Å². The van der Waals surface area contributed by atoms with Gasteiger partial charge in [0.15, 0.2) is 14.8 Å². The highest BCUT2D eigenvalue weighted by Gasteiger charge is 2.25. The summed E-state index contributed by atoms with van der Waals surface area (Å²) in [6.45, 7) is 3.30. The van der Waals surface area contributed by atoms with Gasteiger partial charge in [-0.2, -0.15) is 5.10 Å². The number of aromatic amines is 1. The van der Waals surface area contributed by atoms with Crippen molar-refractivity contribution in [3.05, 3.63) is 24.8 Å². The first-order valence-corrected chi connectivity index (χ1v) is 10.9. The lowest BCUT2D eigenvalue weighted by molar-refractivity contribution is 0.371. The van der Waals surface area contributed by atoms with Gasteiger partial charge in [-0.3, -0.25) is 10.1 Å². The Labute approximate surface area is 182 Å². The molecule has 0 saturated carbocycles. The van der Waals surface area contributed by atoms with E-state index in [4.69, 9.17) is 9.97 Å². The molecule has 1 aliphatic heterocycles. The monoisotopic (exact) mass is 448 g/mol. The Balaban J connectivity index is 0.00000205. The number of anilines is 1. The van der Waals surface area contributed by atoms with Crippen LogP contribution < -0.4 is 10.2 Å². The third-order valence-electron chi connectivity index (χ3n) is 5.07. The maximum atomic E-state index is 4.84. The summed E-state index contributed by atoms with van der Waals surface area (Å²) in [4.78, 5) is 22.8. The molecule has 1 aliphatic rings. The van der Waals surface area contributed by atoms with Gasteiger partial charge in [-0.1, -0.05) is 22.7 Å². The smallest absolute Gasteiger partial charge is 0.188 e. The van der Waals surface area contributed by atoms with Crippen LogP contribution in [0, 0.1) is 0 Å². The Morgan fingerprint density at radius 1 is 1.07 bits per heavy atom. The molecule has 0 aromatic carbocycles. The lowest BCUT2D eigenvalue weighted by Gasteiger charge is -2.34. The van der Waals surface area contributed by atoms with Crippen LogP contribution in [0.15, 0.2) is 24.8 Å². The molecule has 2 atom stereocenters. The second-order valence-electron chi connectivity index (χ2n) is 7.04. The summed E-state index contributed by atoms with van der Waals surface area (Å²) in [6.07, 6.45) is 9.32. The van der Waals surface area contributed by atoms with E-state index in [1.807, 2.05) is 0 Å². The van der Waals surface area contributed by atoms with E-state index in [1.54, 1.807) is 47.5 Å². The van der Waals surface area contributed by atoms with Crippen molar-refractivity contribution in [2.45, 2.75) is 31.8 Å². The number of nitrogens with one attached hydrogen (secondary N) is 2. The van der Waals surface area contributed by atoms with Crippen LogP contribution in [0.2, 0.25) is 0 Å². The van der Waals surface area contributed by atoms with Crippen molar-refractivity contribution < 1.29 is 0 Å². The molecular formula is C18H21ClN8S2. The highest BCUT2D eigenvalue weighted by atomic mass is 35.5. The first-order valence-electron chi connectivity index (χ1n) is 9.22. The molecule has 152 valence electrons. The summed E-state index contributed by atoms with van der Waals surface area (Å²) >= 11 is 3.22. The Morgan fingerprint density at radius 2 is 1.86 bits per heavy atom. The molecule has 4 aromatic rings. The molecule has 8 nitrogen and oxygen atoms in total. The van der Waals surface area contributed by atoms with Crippen molar-refractivity contribution in [2.24, 2.45) is 0 Å². The van der Waals surface area contributed by atoms with Gasteiger partial charge < -0.3 is 10.2 Å². The van der Waals surface area contributed by atoms with Crippen molar-refractivity contribution >= 4 is 49.9 Å². The predicted octanol–water partition coefficient (Wildman–Crippen LogP) is 3.60. The third-order valence-corrected chi connectivity index (χ3v) is 7.22. The molecule has 0 unspecified atom stereocenters. The fourth-order valence-electron chi connectivity index (χ4n) is 3.48. The molecule has 0 bridgehead atoms. The van der Waals surface area contributed by atoms with E-state index in [-0.39, 0.29) is 12.4 Å². The number of hydrogen-bond acceptors (Lipinski definition) is 9. The SMILES string of the molecule is C[C@H]1C[C@@H](N(C)c2nc3sc(-c4cnc(-c5cn[nH]c5)cn4)nc3s2)CCN1.Cl. The second-order valence-corrected chi connectivity index (χ2v) is 8.98. The Hall–Kier alpha value is -2.14. The number of rotatable bonds is 4. The average Bonchev–Trinajstić information content (AvgIpc) is 3.44. The summed E-state index contributed by atoms with van der Waals surface area (Å²) in [5.41, 5.74) is 2.47. The quantitative estimate of drug-likeness (QED) is 0.492. The second kappa shape index (κ2) is 8.31. The van der Waals surface area contributed by atoms with Crippen molar-refractivity contribution in [3.63, 3.8) is 0 Å². The Bertz CT molecular complexity index is 1040. The maximum absolute atomic E-state index is 4.84. The maximum Gasteiger partial charge on any atom is 0.188 e. The number of H-pyrrole nitrogens is 1. The number of halogens is 1. The van der Waals surface area contributed by atoms with Crippen molar-refractivity contribution in [1.82, 2.24) is 35.5 Å². The standard InChI is InChI=1S/C18H20N8S2.ClH/c1-10-5-12(3-4-19-10)26(2)18-25-17-16(28-18)24-15(27-17)14-9-20-13(8-21-14)11-6-22-23-7-11;/h6-10,12,19H,3-5H2,1-2H3,(H,22,23);1H/t10-,12-;/m0./s1. The molecule has 5 heterocycles. The van der Waals surface area contributed by atoms with Crippen LogP contribution in [0.3, 0.4) is 0 Å². The van der Waals surface area contributed by atoms with E-state index in [0.717, 1.165) is 56.1 Å². The number of piperidine rings is 1. The zero-order chi connectivity index (χ0) is 19.1. The summed E-state index contributed by atoms with van der Waals surface area (Å²) < 4.78 is 0. The Kier molecular flexibility index (Phi) is 5.77. The normalized spacial score (nSPS) is 19.2. The van der Waals surface area contributed by atoms with Gasteiger partial charge in [0.05, 0.1) is 24.3 Å². The summed E-state index contributed by atoms with van der Waals surface area (Å²) in [5.74, 6) is 0. The van der Waals surface area contributed by atoms with E-state index in [9.17, 15) is 0 Å². The molecule has 2 N–H and O–H groups in total. The largest absolute Gasteiger partial charge is 0.348 e. The lowest BCUT2D eigenvalue weighted by Crippen LogP contribution is -2.45. The van der Waals surface area contributed by atoms with E-state index in [1.165, 1.54) is 0 Å². The van der Waals surface area contributed by atoms with Gasteiger partial charge >= 0.3 is 0 Å². The van der Waals surface area contributed by atoms with Crippen LogP contribution in [-0.4, -0.2) is 55.8 Å². The number of hydrogen-bond donors (Lipinski definition) is 2. The average molecular weight is 449 g/mol. The van der Waals surface area contributed by atoms with Crippen LogP contribution in [0.1, 0.15) is 19.8 Å². The molecule has 5 rings (SSSR count). The minimum Gasteiger partial charge on any atom is -0.348 e. The minimum atomic E-state index is 0. The molecule has 1 fully saturated rings. The molecule has 4 aromatic heterocycles. The zero-order valence-corrected chi connectivity index (χ0v) is 18.4. The minimum absolute atomic E-state index is 0. The van der Waals surface area contributed by atoms with Gasteiger partial charge in [0.2, 0.25) is 0 Å². The first-order chi connectivity index (χ1) is 13.7. The molecule has 29 heavy (non-hydrogen) atoms. The van der Waals surface area contributed by atoms with Crippen LogP contribution in [0.25, 0.3) is 31.6 Å². The fraction of sp³-hybridized carbons (Fsp3) is 0.389. The highest BCUT2D eigenvalue weighted by molar-refractivity contribution is 7.29. The molecule has 0 spiro atoms. The summed E-state index contributed by atoms with van der Waals surface area (Å²) in [5, 5.41) is 12.1. The van der Waals surface area contributed by atoms with Gasteiger partial charge in [0.1, 0.15) is 10.7 Å². The van der Waals surface area contributed by atoms with Gasteiger partial charge in [0.25, 0.3) is 0 Å². The van der Waals surface area contributed by atoms with E-state index in [2.05, 4.69) is 44.4 Å². The van der Waals surface area contributed by atoms with E-state index in [0.29, 0.717) is 12.1 Å². The van der Waals surface area contributed by atoms with E-state index < -0.39 is 0 Å². The van der Waals surface area contributed by atoms with Gasteiger partial charge in [-0.25, -0.2) is 15.0 Å². The molecule has 0 amide bonds. The number of nitrogens with zero attached hydrogens (tertiary/aromatic N) is 6. The molecule has 0 radical (unpaired) electrons. The number of fused-ring (bicyclic) bond motifs is 1. The molecule has 11 heteroatoms. The predicted molar refractivity (Wildman–Crippen MR) is 120 cm³/mol. The zero-order valence-electron chi connectivity index (χ0n) is 16.0. The van der Waals surface area contributed by atoms with Crippen molar-refractivity contribution in [1.29, 1.82) is 0 Å². The van der Waals surface area contributed by atoms with Gasteiger partial charge in [-0.15, -0.1) is 12.4 Å². The number of aromatic nitrogens is 6. The first kappa shape index (κ1) is 20.1. The van der Waals surface area contributed by atoms with E-state index >= 15 is 0 Å². The van der Waals surface area contributed by atoms with Crippen LogP contribution in [-0.2, 0) is 0 Å². The highest BCUT2D eigenvalue weighted by Crippen LogP contribution is 2.36. The Morgan fingerprint density at radius 3 is 2.55 bits per heavy atom. The molecule has 0 aliphatic carbocycles. The van der Waals surface area contributed by atoms with Gasteiger partial charge in [-0.05, 0) is 26.3 Å². The fourth-order valence-corrected chi connectivity index (χ4v) is 5.52. The topological polar surface area (TPSA) is 95.5 Å². The molecular weight excluding hydrogens is 428 g/mol. The van der Waals surface area contributed by atoms with Gasteiger partial charge in [0, 0.05) is 30.9 Å².